The highest BCUT2D eigenvalue weighted by molar-refractivity contribution is 9.10. The first-order chi connectivity index (χ1) is 9.16. The Kier molecular flexibility index (Phi) is 4.91. The normalized spacial score (nSPS) is 24.8. The zero-order valence-corrected chi connectivity index (χ0v) is 13.7. The van der Waals surface area contributed by atoms with Gasteiger partial charge in [-0.15, -0.1) is 0 Å². The van der Waals surface area contributed by atoms with E-state index in [0.717, 1.165) is 23.2 Å². The van der Waals surface area contributed by atoms with E-state index < -0.39 is 0 Å². The minimum Gasteiger partial charge on any atom is -0.490 e. The molecule has 2 atom stereocenters. The van der Waals surface area contributed by atoms with Gasteiger partial charge in [-0.3, -0.25) is 0 Å². The Morgan fingerprint density at radius 1 is 1.32 bits per heavy atom. The van der Waals surface area contributed by atoms with Crippen LogP contribution in [0, 0.1) is 5.41 Å². The molecule has 1 aromatic rings. The molecule has 0 spiro atoms. The largest absolute Gasteiger partial charge is 0.490 e. The first kappa shape index (κ1) is 14.9. The first-order valence-electron chi connectivity index (χ1n) is 7.31. The Hall–Kier alpha value is -0.540. The lowest BCUT2D eigenvalue weighted by Crippen LogP contribution is -2.64. The van der Waals surface area contributed by atoms with E-state index in [1.54, 1.807) is 0 Å². The van der Waals surface area contributed by atoms with E-state index in [9.17, 15) is 0 Å². The Bertz CT molecular complexity index is 417. The minimum atomic E-state index is 0.290. The van der Waals surface area contributed by atoms with Crippen LogP contribution in [0.4, 0.5) is 0 Å². The van der Waals surface area contributed by atoms with Gasteiger partial charge in [-0.2, -0.15) is 0 Å². The Labute approximate surface area is 125 Å². The zero-order valence-electron chi connectivity index (χ0n) is 12.1. The Morgan fingerprint density at radius 2 is 2.05 bits per heavy atom. The molecule has 2 rings (SSSR count). The molecule has 1 aromatic carbocycles. The van der Waals surface area contributed by atoms with Crippen LogP contribution in [-0.4, -0.2) is 18.7 Å². The maximum atomic E-state index is 6.24. The molecule has 0 bridgehead atoms. The predicted molar refractivity (Wildman–Crippen MR) is 83.7 cm³/mol. The van der Waals surface area contributed by atoms with Crippen LogP contribution < -0.4 is 10.1 Å². The van der Waals surface area contributed by atoms with Crippen molar-refractivity contribution in [2.45, 2.75) is 52.2 Å². The van der Waals surface area contributed by atoms with Gasteiger partial charge in [-0.1, -0.05) is 42.8 Å². The van der Waals surface area contributed by atoms with Crippen LogP contribution in [-0.2, 0) is 0 Å². The van der Waals surface area contributed by atoms with Crippen LogP contribution in [0.5, 0.6) is 5.75 Å². The molecular formula is C16H24BrNO. The fourth-order valence-corrected chi connectivity index (χ4v) is 3.73. The number of rotatable bonds is 6. The van der Waals surface area contributed by atoms with Gasteiger partial charge in [0.2, 0.25) is 0 Å². The molecular weight excluding hydrogens is 302 g/mol. The molecule has 0 saturated heterocycles. The van der Waals surface area contributed by atoms with Gasteiger partial charge in [0.1, 0.15) is 11.9 Å². The van der Waals surface area contributed by atoms with Crippen molar-refractivity contribution in [1.82, 2.24) is 5.32 Å². The third kappa shape index (κ3) is 2.82. The number of hydrogen-bond acceptors (Lipinski definition) is 2. The molecule has 0 amide bonds. The fraction of sp³-hybridized carbons (Fsp3) is 0.625. The first-order valence-corrected chi connectivity index (χ1v) is 8.11. The lowest BCUT2D eigenvalue weighted by Gasteiger charge is -2.55. The quantitative estimate of drug-likeness (QED) is 0.837. The van der Waals surface area contributed by atoms with Crippen LogP contribution in [0.15, 0.2) is 28.7 Å². The minimum absolute atomic E-state index is 0.290. The number of ether oxygens (including phenoxy) is 1. The lowest BCUT2D eigenvalue weighted by atomic mass is 9.58. The SMILES string of the molecule is CCNC1CC(Oc2cccc(Br)c2)C1(CC)CC. The second-order valence-electron chi connectivity index (χ2n) is 5.35. The van der Waals surface area contributed by atoms with E-state index in [1.807, 2.05) is 18.2 Å². The van der Waals surface area contributed by atoms with Gasteiger partial charge in [0.15, 0.2) is 0 Å². The van der Waals surface area contributed by atoms with Gasteiger partial charge in [0, 0.05) is 22.4 Å². The Balaban J connectivity index is 2.08. The number of nitrogens with one attached hydrogen (secondary N) is 1. The highest BCUT2D eigenvalue weighted by Gasteiger charge is 2.53. The van der Waals surface area contributed by atoms with Gasteiger partial charge in [-0.25, -0.2) is 0 Å². The summed E-state index contributed by atoms with van der Waals surface area (Å²) in [5.41, 5.74) is 0.290. The van der Waals surface area contributed by atoms with Crippen molar-refractivity contribution in [3.05, 3.63) is 28.7 Å². The van der Waals surface area contributed by atoms with Gasteiger partial charge in [-0.05, 0) is 37.6 Å². The smallest absolute Gasteiger partial charge is 0.120 e. The topological polar surface area (TPSA) is 21.3 Å². The number of hydrogen-bond donors (Lipinski definition) is 1. The highest BCUT2D eigenvalue weighted by Crippen LogP contribution is 2.49. The highest BCUT2D eigenvalue weighted by atomic mass is 79.9. The number of halogens is 1. The molecule has 19 heavy (non-hydrogen) atoms. The summed E-state index contributed by atoms with van der Waals surface area (Å²) >= 11 is 3.50. The van der Waals surface area contributed by atoms with Gasteiger partial charge >= 0.3 is 0 Å². The molecule has 1 N–H and O–H groups in total. The van der Waals surface area contributed by atoms with Crippen molar-refractivity contribution in [2.75, 3.05) is 6.54 Å². The molecule has 1 fully saturated rings. The molecule has 1 saturated carbocycles. The van der Waals surface area contributed by atoms with Gasteiger partial charge in [0.05, 0.1) is 0 Å². The van der Waals surface area contributed by atoms with Gasteiger partial charge in [0.25, 0.3) is 0 Å². The summed E-state index contributed by atoms with van der Waals surface area (Å²) in [6.45, 7) is 7.78. The van der Waals surface area contributed by atoms with Crippen molar-refractivity contribution < 1.29 is 4.74 Å². The summed E-state index contributed by atoms with van der Waals surface area (Å²) in [6.07, 6.45) is 3.78. The summed E-state index contributed by atoms with van der Waals surface area (Å²) in [6, 6.07) is 8.75. The molecule has 0 radical (unpaired) electrons. The van der Waals surface area contributed by atoms with Crippen LogP contribution in [0.2, 0.25) is 0 Å². The van der Waals surface area contributed by atoms with Crippen molar-refractivity contribution in [1.29, 1.82) is 0 Å². The van der Waals surface area contributed by atoms with Crippen molar-refractivity contribution in [2.24, 2.45) is 5.41 Å². The lowest BCUT2D eigenvalue weighted by molar-refractivity contribution is -0.0854. The van der Waals surface area contributed by atoms with E-state index in [1.165, 1.54) is 12.8 Å². The molecule has 0 aromatic heterocycles. The average molecular weight is 326 g/mol. The van der Waals surface area contributed by atoms with E-state index in [4.69, 9.17) is 4.74 Å². The second kappa shape index (κ2) is 6.27. The summed E-state index contributed by atoms with van der Waals surface area (Å²) < 4.78 is 7.31. The molecule has 2 nitrogen and oxygen atoms in total. The second-order valence-corrected chi connectivity index (χ2v) is 6.27. The van der Waals surface area contributed by atoms with Crippen molar-refractivity contribution in [3.8, 4) is 5.75 Å². The average Bonchev–Trinajstić information content (AvgIpc) is 2.39. The van der Waals surface area contributed by atoms with E-state index in [0.29, 0.717) is 17.6 Å². The summed E-state index contributed by atoms with van der Waals surface area (Å²) in [5.74, 6) is 0.973. The summed E-state index contributed by atoms with van der Waals surface area (Å²) in [7, 11) is 0. The maximum absolute atomic E-state index is 6.24. The number of benzene rings is 1. The van der Waals surface area contributed by atoms with Crippen LogP contribution in [0.25, 0.3) is 0 Å². The Morgan fingerprint density at radius 3 is 2.63 bits per heavy atom. The van der Waals surface area contributed by atoms with Crippen LogP contribution in [0.3, 0.4) is 0 Å². The molecule has 3 heteroatoms. The fourth-order valence-electron chi connectivity index (χ4n) is 3.35. The molecule has 0 aliphatic heterocycles. The molecule has 0 heterocycles. The summed E-state index contributed by atoms with van der Waals surface area (Å²) in [5, 5.41) is 3.61. The third-order valence-corrected chi connectivity index (χ3v) is 5.12. The summed E-state index contributed by atoms with van der Waals surface area (Å²) in [4.78, 5) is 0. The molecule has 2 unspecified atom stereocenters. The zero-order chi connectivity index (χ0) is 13.9. The molecule has 1 aliphatic carbocycles. The molecule has 106 valence electrons. The van der Waals surface area contributed by atoms with Crippen LogP contribution in [0.1, 0.15) is 40.0 Å². The monoisotopic (exact) mass is 325 g/mol. The van der Waals surface area contributed by atoms with E-state index >= 15 is 0 Å². The molecule has 1 aliphatic rings. The van der Waals surface area contributed by atoms with Crippen molar-refractivity contribution >= 4 is 15.9 Å². The van der Waals surface area contributed by atoms with E-state index in [2.05, 4.69) is 48.1 Å². The standard InChI is InChI=1S/C16H24BrNO/c1-4-16(5-2)14(18-6-3)11-15(16)19-13-9-7-8-12(17)10-13/h7-10,14-15,18H,4-6,11H2,1-3H3. The predicted octanol–water partition coefficient (Wildman–Crippen LogP) is 4.38. The maximum Gasteiger partial charge on any atom is 0.120 e. The third-order valence-electron chi connectivity index (χ3n) is 4.63. The van der Waals surface area contributed by atoms with Crippen molar-refractivity contribution in [3.63, 3.8) is 0 Å². The van der Waals surface area contributed by atoms with E-state index in [-0.39, 0.29) is 0 Å². The van der Waals surface area contributed by atoms with Crippen LogP contribution >= 0.6 is 15.9 Å². The van der Waals surface area contributed by atoms with Gasteiger partial charge < -0.3 is 10.1 Å².